The molecule has 1 N–H and O–H groups in total. The van der Waals surface area contributed by atoms with Gasteiger partial charge < -0.3 is 9.84 Å². The number of thiophene rings is 1. The number of anilines is 1. The second-order valence-electron chi connectivity index (χ2n) is 5.57. The molecule has 1 amide bonds. The third-order valence-electron chi connectivity index (χ3n) is 3.59. The van der Waals surface area contributed by atoms with Gasteiger partial charge in [0.05, 0.1) is 15.9 Å². The second kappa shape index (κ2) is 8.29. The predicted molar refractivity (Wildman–Crippen MR) is 103 cm³/mol. The number of carbonyl (C=O) groups excluding carboxylic acids is 2. The van der Waals surface area contributed by atoms with E-state index in [1.54, 1.807) is 35.6 Å². The van der Waals surface area contributed by atoms with Crippen molar-refractivity contribution in [3.05, 3.63) is 53.2 Å². The molecule has 2 aromatic heterocycles. The van der Waals surface area contributed by atoms with E-state index in [-0.39, 0.29) is 16.9 Å². The lowest BCUT2D eigenvalue weighted by molar-refractivity contribution is -0.115. The maximum absolute atomic E-state index is 12.3. The summed E-state index contributed by atoms with van der Waals surface area (Å²) in [6, 6.07) is 10.7. The largest absolute Gasteiger partial charge is 0.338 e. The molecule has 0 aliphatic heterocycles. The molecular formula is C18H17N3O3S2. The Balaban J connectivity index is 1.52. The molecule has 3 aromatic rings. The molecule has 3 rings (SSSR count). The predicted octanol–water partition coefficient (Wildman–Crippen LogP) is 4.26. The van der Waals surface area contributed by atoms with Gasteiger partial charge in [0.25, 0.3) is 0 Å². The van der Waals surface area contributed by atoms with Crippen LogP contribution in [0.25, 0.3) is 10.7 Å². The van der Waals surface area contributed by atoms with Gasteiger partial charge in [-0.3, -0.25) is 9.59 Å². The van der Waals surface area contributed by atoms with Gasteiger partial charge in [-0.05, 0) is 49.6 Å². The number of rotatable bonds is 7. The van der Waals surface area contributed by atoms with Gasteiger partial charge >= 0.3 is 0 Å². The number of nitrogens with zero attached hydrogens (tertiary/aromatic N) is 2. The maximum Gasteiger partial charge on any atom is 0.237 e. The van der Waals surface area contributed by atoms with E-state index in [0.717, 1.165) is 4.88 Å². The average Bonchev–Trinajstić information content (AvgIpc) is 3.31. The van der Waals surface area contributed by atoms with Crippen molar-refractivity contribution < 1.29 is 14.1 Å². The van der Waals surface area contributed by atoms with Crippen molar-refractivity contribution in [2.24, 2.45) is 0 Å². The Hall–Kier alpha value is -2.45. The first kappa shape index (κ1) is 18.3. The van der Waals surface area contributed by atoms with Gasteiger partial charge in [-0.2, -0.15) is 4.98 Å². The lowest BCUT2D eigenvalue weighted by atomic mass is 10.1. The molecule has 0 aliphatic rings. The zero-order valence-electron chi connectivity index (χ0n) is 14.3. The highest BCUT2D eigenvalue weighted by molar-refractivity contribution is 7.99. The Bertz CT molecular complexity index is 889. The molecule has 0 aliphatic carbocycles. The number of nitrogens with one attached hydrogen (secondary N) is 1. The highest BCUT2D eigenvalue weighted by Crippen LogP contribution is 2.24. The van der Waals surface area contributed by atoms with Crippen LogP contribution in [0.2, 0.25) is 0 Å². The Morgan fingerprint density at radius 3 is 2.69 bits per heavy atom. The summed E-state index contributed by atoms with van der Waals surface area (Å²) >= 11 is 2.96. The van der Waals surface area contributed by atoms with Crippen LogP contribution < -0.4 is 5.32 Å². The van der Waals surface area contributed by atoms with E-state index in [2.05, 4.69) is 15.5 Å². The van der Waals surface area contributed by atoms with Gasteiger partial charge in [-0.25, -0.2) is 0 Å². The van der Waals surface area contributed by atoms with Crippen LogP contribution in [0.3, 0.4) is 0 Å². The summed E-state index contributed by atoms with van der Waals surface area (Å²) in [5.74, 6) is 1.38. The summed E-state index contributed by atoms with van der Waals surface area (Å²) in [5, 5.41) is 8.45. The smallest absolute Gasteiger partial charge is 0.237 e. The topological polar surface area (TPSA) is 85.1 Å². The monoisotopic (exact) mass is 387 g/mol. The lowest BCUT2D eigenvalue weighted by Gasteiger charge is -2.11. The Morgan fingerprint density at radius 2 is 2.04 bits per heavy atom. The van der Waals surface area contributed by atoms with Crippen molar-refractivity contribution >= 4 is 40.5 Å². The molecule has 0 spiro atoms. The first-order valence-electron chi connectivity index (χ1n) is 7.93. The average molecular weight is 387 g/mol. The highest BCUT2D eigenvalue weighted by Gasteiger charge is 2.16. The molecule has 1 aromatic carbocycles. The fraction of sp³-hybridized carbons (Fsp3) is 0.222. The lowest BCUT2D eigenvalue weighted by Crippen LogP contribution is -2.22. The van der Waals surface area contributed by atoms with Crippen molar-refractivity contribution in [3.63, 3.8) is 0 Å². The van der Waals surface area contributed by atoms with Crippen LogP contribution in [0.15, 0.2) is 46.3 Å². The molecule has 0 saturated heterocycles. The molecule has 0 bridgehead atoms. The van der Waals surface area contributed by atoms with Gasteiger partial charge in [-0.1, -0.05) is 11.2 Å². The van der Waals surface area contributed by atoms with Gasteiger partial charge in [0, 0.05) is 11.3 Å². The van der Waals surface area contributed by atoms with E-state index in [1.807, 2.05) is 24.4 Å². The van der Waals surface area contributed by atoms with E-state index in [9.17, 15) is 9.59 Å². The SMILES string of the molecule is CC(=O)c1ccc(NC(=O)[C@@H](C)SCc2nc(-c3cccs3)no2)cc1. The zero-order chi connectivity index (χ0) is 18.5. The Labute approximate surface area is 159 Å². The Kier molecular flexibility index (Phi) is 5.85. The van der Waals surface area contributed by atoms with Crippen molar-refractivity contribution in [1.82, 2.24) is 10.1 Å². The number of carbonyl (C=O) groups is 2. The molecule has 8 heteroatoms. The number of benzene rings is 1. The standard InChI is InChI=1S/C18H17N3O3S2/c1-11(22)13-5-7-14(8-6-13)19-18(23)12(2)26-10-16-20-17(21-24-16)15-4-3-9-25-15/h3-9,12H,10H2,1-2H3,(H,19,23)/t12-/m1/s1. The summed E-state index contributed by atoms with van der Waals surface area (Å²) in [4.78, 5) is 28.8. The first-order valence-corrected chi connectivity index (χ1v) is 9.85. The second-order valence-corrected chi connectivity index (χ2v) is 7.84. The molecule has 0 saturated carbocycles. The molecule has 0 fully saturated rings. The first-order chi connectivity index (χ1) is 12.5. The summed E-state index contributed by atoms with van der Waals surface area (Å²) in [6.45, 7) is 3.33. The molecule has 26 heavy (non-hydrogen) atoms. The molecule has 6 nitrogen and oxygen atoms in total. The van der Waals surface area contributed by atoms with Crippen LogP contribution in [-0.2, 0) is 10.5 Å². The fourth-order valence-corrected chi connectivity index (χ4v) is 3.49. The van der Waals surface area contributed by atoms with Crippen LogP contribution in [0.1, 0.15) is 30.1 Å². The third-order valence-corrected chi connectivity index (χ3v) is 5.59. The van der Waals surface area contributed by atoms with E-state index in [4.69, 9.17) is 4.52 Å². The number of thioether (sulfide) groups is 1. The van der Waals surface area contributed by atoms with E-state index in [1.165, 1.54) is 18.7 Å². The minimum absolute atomic E-state index is 0.00623. The minimum Gasteiger partial charge on any atom is -0.338 e. The van der Waals surface area contributed by atoms with Gasteiger partial charge in [-0.15, -0.1) is 23.1 Å². The number of Topliss-reactive ketones (excluding diaryl/α,β-unsaturated/α-hetero) is 1. The van der Waals surface area contributed by atoms with Gasteiger partial charge in [0.1, 0.15) is 0 Å². The maximum atomic E-state index is 12.3. The van der Waals surface area contributed by atoms with E-state index < -0.39 is 0 Å². The van der Waals surface area contributed by atoms with E-state index in [0.29, 0.717) is 28.7 Å². The number of hydrogen-bond acceptors (Lipinski definition) is 7. The van der Waals surface area contributed by atoms with Crippen LogP contribution in [0, 0.1) is 0 Å². The summed E-state index contributed by atoms with van der Waals surface area (Å²) in [5.41, 5.74) is 1.27. The summed E-state index contributed by atoms with van der Waals surface area (Å²) in [7, 11) is 0. The molecular weight excluding hydrogens is 370 g/mol. The quantitative estimate of drug-likeness (QED) is 0.610. The van der Waals surface area contributed by atoms with Crippen molar-refractivity contribution in [2.75, 3.05) is 5.32 Å². The third kappa shape index (κ3) is 4.59. The Morgan fingerprint density at radius 1 is 1.27 bits per heavy atom. The molecule has 1 atom stereocenters. The van der Waals surface area contributed by atoms with Crippen LogP contribution >= 0.6 is 23.1 Å². The normalized spacial score (nSPS) is 11.9. The van der Waals surface area contributed by atoms with Crippen molar-refractivity contribution in [2.45, 2.75) is 24.9 Å². The molecule has 134 valence electrons. The number of hydrogen-bond donors (Lipinski definition) is 1. The molecule has 0 unspecified atom stereocenters. The minimum atomic E-state index is -0.292. The number of amides is 1. The van der Waals surface area contributed by atoms with Crippen molar-refractivity contribution in [3.8, 4) is 10.7 Å². The number of aromatic nitrogens is 2. The zero-order valence-corrected chi connectivity index (χ0v) is 15.9. The van der Waals surface area contributed by atoms with Gasteiger partial charge in [0.15, 0.2) is 5.78 Å². The van der Waals surface area contributed by atoms with Crippen molar-refractivity contribution in [1.29, 1.82) is 0 Å². The fourth-order valence-electron chi connectivity index (χ4n) is 2.12. The summed E-state index contributed by atoms with van der Waals surface area (Å²) < 4.78 is 5.23. The van der Waals surface area contributed by atoms with Crippen LogP contribution in [0.5, 0.6) is 0 Å². The molecule has 2 heterocycles. The van der Waals surface area contributed by atoms with Gasteiger partial charge in [0.2, 0.25) is 17.6 Å². The molecule has 0 radical (unpaired) electrons. The van der Waals surface area contributed by atoms with Crippen LogP contribution in [-0.4, -0.2) is 27.1 Å². The van der Waals surface area contributed by atoms with E-state index >= 15 is 0 Å². The summed E-state index contributed by atoms with van der Waals surface area (Å²) in [6.07, 6.45) is 0. The number of ketones is 1. The van der Waals surface area contributed by atoms with Crippen LogP contribution in [0.4, 0.5) is 5.69 Å². The highest BCUT2D eigenvalue weighted by atomic mass is 32.2.